The number of rotatable bonds is 3. The number of nitrogen functional groups attached to an aromatic ring is 1. The molecular formula is C19H16ClN5. The standard InChI is InChI=1S/C19H16ClN5/c1-12-17(14-8-5-9-15(20)11-14)23-18(21)19-22-16(24-25(12)19)10-13-6-3-2-4-7-13/h2-9,11H,10H2,1H3,(H2,21,23). The first kappa shape index (κ1) is 15.6. The summed E-state index contributed by atoms with van der Waals surface area (Å²) in [6, 6.07) is 17.6. The number of hydrogen-bond acceptors (Lipinski definition) is 4. The molecule has 0 amide bonds. The van der Waals surface area contributed by atoms with Crippen molar-refractivity contribution in [3.8, 4) is 11.3 Å². The molecule has 124 valence electrons. The number of benzene rings is 2. The van der Waals surface area contributed by atoms with Crippen LogP contribution in [0.25, 0.3) is 16.9 Å². The van der Waals surface area contributed by atoms with Crippen molar-refractivity contribution in [2.75, 3.05) is 5.73 Å². The van der Waals surface area contributed by atoms with Gasteiger partial charge in [0.1, 0.15) is 0 Å². The van der Waals surface area contributed by atoms with Crippen molar-refractivity contribution in [2.24, 2.45) is 0 Å². The monoisotopic (exact) mass is 349 g/mol. The fourth-order valence-electron chi connectivity index (χ4n) is 2.87. The third kappa shape index (κ3) is 2.94. The van der Waals surface area contributed by atoms with Gasteiger partial charge < -0.3 is 5.73 Å². The van der Waals surface area contributed by atoms with Gasteiger partial charge in [-0.3, -0.25) is 0 Å². The molecule has 0 aliphatic carbocycles. The number of halogens is 1. The first-order chi connectivity index (χ1) is 12.1. The minimum atomic E-state index is 0.354. The largest absolute Gasteiger partial charge is 0.381 e. The number of fused-ring (bicyclic) bond motifs is 1. The van der Waals surface area contributed by atoms with E-state index >= 15 is 0 Å². The Morgan fingerprint density at radius 2 is 1.84 bits per heavy atom. The highest BCUT2D eigenvalue weighted by Crippen LogP contribution is 2.26. The molecule has 0 radical (unpaired) electrons. The van der Waals surface area contributed by atoms with Gasteiger partial charge >= 0.3 is 0 Å². The second-order valence-electron chi connectivity index (χ2n) is 5.87. The molecule has 0 atom stereocenters. The molecule has 5 nitrogen and oxygen atoms in total. The second kappa shape index (κ2) is 6.18. The molecule has 0 bridgehead atoms. The van der Waals surface area contributed by atoms with Crippen LogP contribution in [0, 0.1) is 6.92 Å². The minimum Gasteiger partial charge on any atom is -0.381 e. The predicted molar refractivity (Wildman–Crippen MR) is 99.6 cm³/mol. The molecule has 6 heteroatoms. The topological polar surface area (TPSA) is 69.1 Å². The molecule has 0 unspecified atom stereocenters. The fourth-order valence-corrected chi connectivity index (χ4v) is 3.06. The van der Waals surface area contributed by atoms with Crippen molar-refractivity contribution in [1.29, 1.82) is 0 Å². The molecule has 2 aromatic heterocycles. The zero-order chi connectivity index (χ0) is 17.4. The summed E-state index contributed by atoms with van der Waals surface area (Å²) in [6.07, 6.45) is 0.647. The molecule has 0 saturated heterocycles. The first-order valence-corrected chi connectivity index (χ1v) is 8.31. The maximum Gasteiger partial charge on any atom is 0.198 e. The Morgan fingerprint density at radius 1 is 1.04 bits per heavy atom. The van der Waals surface area contributed by atoms with Gasteiger partial charge in [-0.1, -0.05) is 54.1 Å². The van der Waals surface area contributed by atoms with Gasteiger partial charge in [0.15, 0.2) is 17.3 Å². The average molecular weight is 350 g/mol. The SMILES string of the molecule is Cc1c(-c2cccc(Cl)c2)nc(N)c2nc(Cc3ccccc3)nn12. The third-order valence-corrected chi connectivity index (χ3v) is 4.31. The van der Waals surface area contributed by atoms with E-state index in [1.165, 1.54) is 0 Å². The molecule has 4 aromatic rings. The summed E-state index contributed by atoms with van der Waals surface area (Å²) in [4.78, 5) is 9.09. The number of anilines is 1. The lowest BCUT2D eigenvalue weighted by Gasteiger charge is -2.08. The minimum absolute atomic E-state index is 0.354. The van der Waals surface area contributed by atoms with Gasteiger partial charge in [0.25, 0.3) is 0 Å². The van der Waals surface area contributed by atoms with Gasteiger partial charge in [-0.2, -0.15) is 5.10 Å². The lowest BCUT2D eigenvalue weighted by atomic mass is 10.1. The van der Waals surface area contributed by atoms with Crippen molar-refractivity contribution in [3.05, 3.63) is 76.7 Å². The Hall–Kier alpha value is -2.92. The van der Waals surface area contributed by atoms with Gasteiger partial charge in [-0.15, -0.1) is 0 Å². The number of aromatic nitrogens is 4. The van der Waals surface area contributed by atoms with Crippen LogP contribution >= 0.6 is 11.6 Å². The van der Waals surface area contributed by atoms with E-state index in [4.69, 9.17) is 17.3 Å². The van der Waals surface area contributed by atoms with E-state index in [0.29, 0.717) is 28.7 Å². The molecule has 0 saturated carbocycles. The number of nitrogens with zero attached hydrogens (tertiary/aromatic N) is 4. The quantitative estimate of drug-likeness (QED) is 0.608. The maximum atomic E-state index is 6.14. The Balaban J connectivity index is 1.82. The van der Waals surface area contributed by atoms with Crippen LogP contribution in [-0.4, -0.2) is 19.6 Å². The molecule has 2 aromatic carbocycles. The Labute approximate surface area is 150 Å². The van der Waals surface area contributed by atoms with Crippen LogP contribution < -0.4 is 5.73 Å². The molecule has 0 fully saturated rings. The lowest BCUT2D eigenvalue weighted by molar-refractivity contribution is 0.865. The van der Waals surface area contributed by atoms with Gasteiger partial charge in [0.05, 0.1) is 11.4 Å². The van der Waals surface area contributed by atoms with Crippen LogP contribution in [0.4, 0.5) is 5.82 Å². The van der Waals surface area contributed by atoms with Gasteiger partial charge in [-0.05, 0) is 24.6 Å². The summed E-state index contributed by atoms with van der Waals surface area (Å²) < 4.78 is 1.76. The lowest BCUT2D eigenvalue weighted by Crippen LogP contribution is -2.04. The fraction of sp³-hybridized carbons (Fsp3) is 0.105. The molecular weight excluding hydrogens is 334 g/mol. The Morgan fingerprint density at radius 3 is 2.60 bits per heavy atom. The normalized spacial score (nSPS) is 11.1. The summed E-state index contributed by atoms with van der Waals surface area (Å²) in [5.74, 6) is 1.07. The van der Waals surface area contributed by atoms with Crippen molar-refractivity contribution < 1.29 is 0 Å². The third-order valence-electron chi connectivity index (χ3n) is 4.08. The Bertz CT molecular complexity index is 1060. The number of aryl methyl sites for hydroxylation is 1. The van der Waals surface area contributed by atoms with Gasteiger partial charge in [0.2, 0.25) is 0 Å². The summed E-state index contributed by atoms with van der Waals surface area (Å²) in [6.45, 7) is 1.96. The summed E-state index contributed by atoms with van der Waals surface area (Å²) in [5.41, 5.74) is 10.4. The van der Waals surface area contributed by atoms with E-state index in [2.05, 4.69) is 27.2 Å². The van der Waals surface area contributed by atoms with E-state index in [0.717, 1.165) is 22.5 Å². The van der Waals surface area contributed by atoms with Crippen LogP contribution in [0.5, 0.6) is 0 Å². The summed E-state index contributed by atoms with van der Waals surface area (Å²) >= 11 is 6.11. The van der Waals surface area contributed by atoms with Crippen molar-refractivity contribution in [1.82, 2.24) is 19.6 Å². The molecule has 4 rings (SSSR count). The number of nitrogens with two attached hydrogens (primary N) is 1. The van der Waals surface area contributed by atoms with E-state index in [-0.39, 0.29) is 0 Å². The van der Waals surface area contributed by atoms with E-state index in [9.17, 15) is 0 Å². The Kier molecular flexibility index (Phi) is 3.86. The van der Waals surface area contributed by atoms with E-state index < -0.39 is 0 Å². The maximum absolute atomic E-state index is 6.14. The zero-order valence-corrected chi connectivity index (χ0v) is 14.4. The first-order valence-electron chi connectivity index (χ1n) is 7.93. The molecule has 2 N–H and O–H groups in total. The smallest absolute Gasteiger partial charge is 0.198 e. The molecule has 25 heavy (non-hydrogen) atoms. The summed E-state index contributed by atoms with van der Waals surface area (Å²) in [7, 11) is 0. The summed E-state index contributed by atoms with van der Waals surface area (Å²) in [5, 5.41) is 5.28. The van der Waals surface area contributed by atoms with Crippen LogP contribution in [0.2, 0.25) is 5.02 Å². The predicted octanol–water partition coefficient (Wildman–Crippen LogP) is 3.93. The highest BCUT2D eigenvalue weighted by atomic mass is 35.5. The molecule has 0 aliphatic heterocycles. The average Bonchev–Trinajstić information content (AvgIpc) is 3.04. The van der Waals surface area contributed by atoms with Crippen LogP contribution in [0.1, 0.15) is 17.1 Å². The van der Waals surface area contributed by atoms with Gasteiger partial charge in [0, 0.05) is 17.0 Å². The molecule has 2 heterocycles. The van der Waals surface area contributed by atoms with Crippen LogP contribution in [0.3, 0.4) is 0 Å². The van der Waals surface area contributed by atoms with Crippen molar-refractivity contribution in [3.63, 3.8) is 0 Å². The van der Waals surface area contributed by atoms with Crippen LogP contribution in [-0.2, 0) is 6.42 Å². The zero-order valence-electron chi connectivity index (χ0n) is 13.6. The van der Waals surface area contributed by atoms with E-state index in [1.807, 2.05) is 49.4 Å². The van der Waals surface area contributed by atoms with Crippen molar-refractivity contribution >= 4 is 23.1 Å². The molecule has 0 aliphatic rings. The van der Waals surface area contributed by atoms with Crippen LogP contribution in [0.15, 0.2) is 54.6 Å². The van der Waals surface area contributed by atoms with E-state index in [1.54, 1.807) is 4.52 Å². The second-order valence-corrected chi connectivity index (χ2v) is 6.30. The number of hydrogen-bond donors (Lipinski definition) is 1. The van der Waals surface area contributed by atoms with Crippen molar-refractivity contribution in [2.45, 2.75) is 13.3 Å². The van der Waals surface area contributed by atoms with Gasteiger partial charge in [-0.25, -0.2) is 14.5 Å². The highest BCUT2D eigenvalue weighted by Gasteiger charge is 2.15. The highest BCUT2D eigenvalue weighted by molar-refractivity contribution is 6.30. The molecule has 0 spiro atoms.